The molecule has 1 aromatic heterocycles. The normalized spacial score (nSPS) is 31.2. The van der Waals surface area contributed by atoms with Crippen LogP contribution < -0.4 is 24.8 Å². The molecule has 3 heterocycles. The molecule has 14 nitrogen and oxygen atoms in total. The van der Waals surface area contributed by atoms with E-state index in [1.54, 1.807) is 31.2 Å². The van der Waals surface area contributed by atoms with Crippen LogP contribution in [0.15, 0.2) is 36.5 Å². The van der Waals surface area contributed by atoms with Crippen molar-refractivity contribution in [3.05, 3.63) is 41.6 Å². The Kier molecular flexibility index (Phi) is 9.87. The van der Waals surface area contributed by atoms with E-state index in [0.29, 0.717) is 40.8 Å². The van der Waals surface area contributed by atoms with E-state index >= 15 is 0 Å². The number of aromatic nitrogens is 1. The van der Waals surface area contributed by atoms with Crippen LogP contribution in [-0.2, 0) is 24.4 Å². The molecule has 4 N–H and O–H groups in total. The minimum atomic E-state index is -4.67. The van der Waals surface area contributed by atoms with Crippen LogP contribution in [0, 0.1) is 17.8 Å². The van der Waals surface area contributed by atoms with Crippen molar-refractivity contribution < 1.29 is 46.6 Å². The lowest BCUT2D eigenvalue weighted by Gasteiger charge is -2.32. The average molecular weight is 750 g/mol. The molecule has 2 aliphatic carbocycles. The molecule has 0 bridgehead atoms. The van der Waals surface area contributed by atoms with Crippen LogP contribution in [0.4, 0.5) is 9.18 Å². The number of alkyl halides is 1. The van der Waals surface area contributed by atoms with Gasteiger partial charge in [-0.1, -0.05) is 37.6 Å². The molecule has 7 atom stereocenters. The third-order valence-electron chi connectivity index (χ3n) is 10.3. The van der Waals surface area contributed by atoms with Gasteiger partial charge in [-0.05, 0) is 61.1 Å². The van der Waals surface area contributed by atoms with E-state index in [1.165, 1.54) is 18.2 Å². The number of hydrogen-bond acceptors (Lipinski definition) is 9. The minimum absolute atomic E-state index is 0.0520. The highest BCUT2D eigenvalue weighted by atomic mass is 35.5. The molecule has 1 aromatic carbocycles. The second kappa shape index (κ2) is 13.7. The number of carbonyl (C=O) groups is 4. The van der Waals surface area contributed by atoms with Crippen molar-refractivity contribution in [2.75, 3.05) is 13.7 Å². The Morgan fingerprint density at radius 3 is 2.63 bits per heavy atom. The van der Waals surface area contributed by atoms with E-state index in [-0.39, 0.29) is 44.0 Å². The maximum atomic E-state index is 14.7. The summed E-state index contributed by atoms with van der Waals surface area (Å²) < 4.78 is 53.6. The number of nitrogens with one attached hydrogen (secondary N) is 3. The number of carbonyl (C=O) groups excluding carboxylic acids is 3. The maximum Gasteiger partial charge on any atom is 0.405 e. The van der Waals surface area contributed by atoms with Crippen LogP contribution in [0.25, 0.3) is 10.8 Å². The first-order valence-electron chi connectivity index (χ1n) is 16.9. The van der Waals surface area contributed by atoms with Gasteiger partial charge in [-0.25, -0.2) is 27.3 Å². The molecule has 276 valence electrons. The number of fused-ring (bicyclic) bond motifs is 3. The molecule has 51 heavy (non-hydrogen) atoms. The summed E-state index contributed by atoms with van der Waals surface area (Å²) in [7, 11) is -3.19. The molecule has 2 aromatic rings. The van der Waals surface area contributed by atoms with Crippen molar-refractivity contribution in [2.24, 2.45) is 17.8 Å². The van der Waals surface area contributed by atoms with Crippen LogP contribution in [0.3, 0.4) is 0 Å². The number of methoxy groups -OCH3 is 1. The molecule has 0 radical (unpaired) electrons. The first kappa shape index (κ1) is 36.6. The number of rotatable bonds is 7. The Balaban J connectivity index is 1.34. The molecule has 0 spiro atoms. The predicted molar refractivity (Wildman–Crippen MR) is 183 cm³/mol. The summed E-state index contributed by atoms with van der Waals surface area (Å²) in [6, 6.07) is 2.61. The molecule has 1 saturated heterocycles. The van der Waals surface area contributed by atoms with Gasteiger partial charge in [0, 0.05) is 36.8 Å². The van der Waals surface area contributed by atoms with Gasteiger partial charge in [0.2, 0.25) is 22.7 Å². The number of nitrogens with zero attached hydrogens (tertiary/aromatic N) is 2. The maximum absolute atomic E-state index is 14.7. The minimum Gasteiger partial charge on any atom is -0.495 e. The number of allylic oxidation sites excluding steroid dienone is 1. The second-order valence-electron chi connectivity index (χ2n) is 14.1. The quantitative estimate of drug-likeness (QED) is 0.304. The van der Waals surface area contributed by atoms with Crippen LogP contribution in [-0.4, -0.2) is 89.6 Å². The molecular weight excluding hydrogens is 709 g/mol. The molecule has 17 heteroatoms. The van der Waals surface area contributed by atoms with Gasteiger partial charge in [0.25, 0.3) is 15.9 Å². The predicted octanol–water partition coefficient (Wildman–Crippen LogP) is 3.67. The summed E-state index contributed by atoms with van der Waals surface area (Å²) in [6.45, 7) is 3.62. The highest BCUT2D eigenvalue weighted by molar-refractivity contribution is 7.91. The Morgan fingerprint density at radius 1 is 1.20 bits per heavy atom. The molecule has 3 fully saturated rings. The first-order chi connectivity index (χ1) is 24.1. The number of halogens is 2. The Morgan fingerprint density at radius 2 is 1.94 bits per heavy atom. The Labute approximate surface area is 299 Å². The fourth-order valence-corrected chi connectivity index (χ4v) is 8.67. The monoisotopic (exact) mass is 749 g/mol. The van der Waals surface area contributed by atoms with Gasteiger partial charge in [-0.2, -0.15) is 0 Å². The van der Waals surface area contributed by atoms with E-state index in [1.807, 2.05) is 17.7 Å². The van der Waals surface area contributed by atoms with Crippen LogP contribution in [0.5, 0.6) is 11.6 Å². The number of ether oxygens (including phenoxy) is 2. The van der Waals surface area contributed by atoms with Crippen molar-refractivity contribution >= 4 is 56.2 Å². The van der Waals surface area contributed by atoms with E-state index in [0.717, 1.165) is 0 Å². The van der Waals surface area contributed by atoms with Gasteiger partial charge >= 0.3 is 6.09 Å². The van der Waals surface area contributed by atoms with Gasteiger partial charge in [0.05, 0.1) is 18.7 Å². The second-order valence-corrected chi connectivity index (χ2v) is 16.5. The van der Waals surface area contributed by atoms with Crippen molar-refractivity contribution in [1.82, 2.24) is 25.2 Å². The first-order valence-corrected chi connectivity index (χ1v) is 18.8. The van der Waals surface area contributed by atoms with Crippen molar-refractivity contribution in [3.63, 3.8) is 0 Å². The van der Waals surface area contributed by atoms with Crippen molar-refractivity contribution in [1.29, 1.82) is 0 Å². The molecule has 4 aliphatic rings. The van der Waals surface area contributed by atoms with Crippen LogP contribution in [0.2, 0.25) is 5.02 Å². The number of amides is 4. The number of carboxylic acid groups (broad SMARTS) is 1. The summed E-state index contributed by atoms with van der Waals surface area (Å²) in [5, 5.41) is 13.8. The van der Waals surface area contributed by atoms with Gasteiger partial charge in [0.1, 0.15) is 29.5 Å². The highest BCUT2D eigenvalue weighted by Crippen LogP contribution is 2.48. The Hall–Kier alpha value is -4.18. The molecular formula is C34H41ClFN5O9S. The largest absolute Gasteiger partial charge is 0.495 e. The van der Waals surface area contributed by atoms with Gasteiger partial charge < -0.3 is 30.1 Å². The highest BCUT2D eigenvalue weighted by Gasteiger charge is 2.64. The van der Waals surface area contributed by atoms with E-state index in [2.05, 4.69) is 15.6 Å². The molecule has 2 saturated carbocycles. The lowest BCUT2D eigenvalue weighted by Crippen LogP contribution is -2.59. The van der Waals surface area contributed by atoms with Crippen LogP contribution in [0.1, 0.15) is 58.8 Å². The number of pyridine rings is 1. The third kappa shape index (κ3) is 7.30. The summed E-state index contributed by atoms with van der Waals surface area (Å²) in [5.41, 5.74) is -1.72. The zero-order valence-electron chi connectivity index (χ0n) is 28.4. The third-order valence-corrected chi connectivity index (χ3v) is 12.4. The number of benzene rings is 1. The van der Waals surface area contributed by atoms with Gasteiger partial charge in [-0.15, -0.1) is 0 Å². The van der Waals surface area contributed by atoms with Crippen molar-refractivity contribution in [3.8, 4) is 11.6 Å². The molecule has 6 rings (SSSR count). The van der Waals surface area contributed by atoms with Crippen molar-refractivity contribution in [2.45, 2.75) is 87.5 Å². The standard InChI is InChI=1S/C34H41ClFN5O9S/c1-18-6-4-5-7-21-16-34(21,31(44)40-51(47,48)33(36)9-10-33)39-28(42)25-14-22(17-41(25)30(43)27(19(2)12-18)38-32(45)46)50-29-23-15-24(35)26(49-3)13-20(23)8-11-37-29/h5,7-8,11,13,15,18-19,21-22,25,27,38H,4,6,9-10,12,14,16-17H2,1-3H3,(H,39,42)(H,40,44)(H,45,46)/b7-5-/t18-,19+,21?,22+,25-,27-,34?/m0/s1. The lowest BCUT2D eigenvalue weighted by molar-refractivity contribution is -0.142. The van der Waals surface area contributed by atoms with Gasteiger partial charge in [-0.3, -0.25) is 14.4 Å². The summed E-state index contributed by atoms with van der Waals surface area (Å²) in [5.74, 6) is -2.86. The molecule has 2 aliphatic heterocycles. The zero-order valence-corrected chi connectivity index (χ0v) is 29.9. The van der Waals surface area contributed by atoms with E-state index in [9.17, 15) is 37.1 Å². The smallest absolute Gasteiger partial charge is 0.405 e. The lowest BCUT2D eigenvalue weighted by atomic mass is 9.88. The van der Waals surface area contributed by atoms with Crippen LogP contribution >= 0.6 is 11.6 Å². The van der Waals surface area contributed by atoms with E-state index in [4.69, 9.17) is 21.1 Å². The Bertz CT molecular complexity index is 1890. The SMILES string of the molecule is COc1cc2ccnc(O[C@@H]3C[C@H]4C(=O)NC5(C(=O)NS(=O)(=O)C6(F)CC6)CC5/C=C\CC[C@H](C)C[C@@H](C)[C@H](NC(=O)O)C(=O)N4C3)c2cc1Cl. The van der Waals surface area contributed by atoms with Gasteiger partial charge in [0.15, 0.2) is 0 Å². The zero-order chi connectivity index (χ0) is 36.9. The summed E-state index contributed by atoms with van der Waals surface area (Å²) in [6.07, 6.45) is 4.14. The molecule has 4 amide bonds. The van der Waals surface area contributed by atoms with E-state index < -0.39 is 74.4 Å². The topological polar surface area (TPSA) is 193 Å². The fourth-order valence-electron chi connectivity index (χ4n) is 7.18. The number of sulfonamides is 1. The summed E-state index contributed by atoms with van der Waals surface area (Å²) >= 11 is 6.40. The number of hydrogen-bond donors (Lipinski definition) is 4. The molecule has 2 unspecified atom stereocenters. The fraction of sp³-hybridized carbons (Fsp3) is 0.559. The average Bonchev–Trinajstić information content (AvgIpc) is 3.95. The summed E-state index contributed by atoms with van der Waals surface area (Å²) in [4.78, 5) is 59.7.